The van der Waals surface area contributed by atoms with E-state index in [2.05, 4.69) is 5.32 Å². The molecule has 1 aromatic rings. The predicted octanol–water partition coefficient (Wildman–Crippen LogP) is 0.688. The highest BCUT2D eigenvalue weighted by Crippen LogP contribution is 2.15. The third-order valence-corrected chi connectivity index (χ3v) is 2.81. The lowest BCUT2D eigenvalue weighted by atomic mass is 10.0. The van der Waals surface area contributed by atoms with Crippen LogP contribution in [0.5, 0.6) is 0 Å². The number of para-hydroxylation sites is 1. The van der Waals surface area contributed by atoms with Gasteiger partial charge < -0.3 is 10.4 Å². The fourth-order valence-electron chi connectivity index (χ4n) is 1.88. The zero-order chi connectivity index (χ0) is 12.3. The van der Waals surface area contributed by atoms with Crippen LogP contribution in [0.4, 0.5) is 10.1 Å². The van der Waals surface area contributed by atoms with E-state index < -0.39 is 5.82 Å². The predicted molar refractivity (Wildman–Crippen MR) is 62.0 cm³/mol. The summed E-state index contributed by atoms with van der Waals surface area (Å²) in [5.41, 5.74) is 0.205. The van der Waals surface area contributed by atoms with Gasteiger partial charge in [-0.15, -0.1) is 0 Å². The molecule has 0 saturated carbocycles. The molecule has 0 aliphatic carbocycles. The van der Waals surface area contributed by atoms with Crippen molar-refractivity contribution in [1.29, 1.82) is 0 Å². The average molecular weight is 238 g/mol. The standard InChI is InChI=1S/C12H15FN2O2/c13-10-3-1-2-4-11(10)14-12(17)7-15-5-9(6-15)8-16/h1-4,9,16H,5-8H2,(H,14,17). The summed E-state index contributed by atoms with van der Waals surface area (Å²) in [6.07, 6.45) is 0. The molecule has 2 rings (SSSR count). The smallest absolute Gasteiger partial charge is 0.238 e. The third-order valence-electron chi connectivity index (χ3n) is 2.81. The Labute approximate surface area is 99.0 Å². The van der Waals surface area contributed by atoms with Gasteiger partial charge in [-0.3, -0.25) is 9.69 Å². The van der Waals surface area contributed by atoms with Gasteiger partial charge in [0.2, 0.25) is 5.91 Å². The molecule has 1 aromatic carbocycles. The summed E-state index contributed by atoms with van der Waals surface area (Å²) in [4.78, 5) is 13.5. The molecule has 17 heavy (non-hydrogen) atoms. The molecule has 1 aliphatic rings. The molecule has 0 atom stereocenters. The number of anilines is 1. The Morgan fingerprint density at radius 1 is 1.47 bits per heavy atom. The number of hydrogen-bond donors (Lipinski definition) is 2. The van der Waals surface area contributed by atoms with Crippen LogP contribution in [-0.2, 0) is 4.79 Å². The number of benzene rings is 1. The van der Waals surface area contributed by atoms with Gasteiger partial charge in [0.25, 0.3) is 0 Å². The van der Waals surface area contributed by atoms with Crippen molar-refractivity contribution in [3.63, 3.8) is 0 Å². The lowest BCUT2D eigenvalue weighted by Gasteiger charge is -2.37. The van der Waals surface area contributed by atoms with E-state index in [9.17, 15) is 9.18 Å². The maximum atomic E-state index is 13.2. The number of carbonyl (C=O) groups is 1. The van der Waals surface area contributed by atoms with Crippen LogP contribution in [0.1, 0.15) is 0 Å². The van der Waals surface area contributed by atoms with Crippen molar-refractivity contribution in [3.05, 3.63) is 30.1 Å². The highest BCUT2D eigenvalue weighted by Gasteiger charge is 2.27. The van der Waals surface area contributed by atoms with E-state index in [1.54, 1.807) is 12.1 Å². The van der Waals surface area contributed by atoms with E-state index in [4.69, 9.17) is 5.11 Å². The van der Waals surface area contributed by atoms with Gasteiger partial charge in [-0.2, -0.15) is 0 Å². The second-order valence-electron chi connectivity index (χ2n) is 4.27. The molecular weight excluding hydrogens is 223 g/mol. The second-order valence-corrected chi connectivity index (χ2v) is 4.27. The fraction of sp³-hybridized carbons (Fsp3) is 0.417. The molecule has 0 bridgehead atoms. The first-order valence-corrected chi connectivity index (χ1v) is 5.56. The van der Waals surface area contributed by atoms with Gasteiger partial charge >= 0.3 is 0 Å². The number of aliphatic hydroxyl groups excluding tert-OH is 1. The zero-order valence-electron chi connectivity index (χ0n) is 9.40. The number of hydrogen-bond acceptors (Lipinski definition) is 3. The van der Waals surface area contributed by atoms with Crippen LogP contribution >= 0.6 is 0 Å². The minimum Gasteiger partial charge on any atom is -0.396 e. The molecule has 5 heteroatoms. The van der Waals surface area contributed by atoms with Crippen molar-refractivity contribution in [2.45, 2.75) is 0 Å². The van der Waals surface area contributed by atoms with E-state index in [-0.39, 0.29) is 30.7 Å². The quantitative estimate of drug-likeness (QED) is 0.811. The molecule has 0 aromatic heterocycles. The summed E-state index contributed by atoms with van der Waals surface area (Å²) in [7, 11) is 0. The van der Waals surface area contributed by atoms with E-state index in [0.29, 0.717) is 0 Å². The number of rotatable bonds is 4. The number of likely N-dealkylation sites (tertiary alicyclic amines) is 1. The number of nitrogens with zero attached hydrogens (tertiary/aromatic N) is 1. The van der Waals surface area contributed by atoms with Gasteiger partial charge in [0.15, 0.2) is 0 Å². The normalized spacial score (nSPS) is 16.6. The van der Waals surface area contributed by atoms with Crippen molar-refractivity contribution < 1.29 is 14.3 Å². The molecule has 0 radical (unpaired) electrons. The maximum Gasteiger partial charge on any atom is 0.238 e. The molecule has 1 heterocycles. The van der Waals surface area contributed by atoms with Crippen LogP contribution in [0.15, 0.2) is 24.3 Å². The summed E-state index contributed by atoms with van der Waals surface area (Å²) in [6, 6.07) is 6.08. The maximum absolute atomic E-state index is 13.2. The van der Waals surface area contributed by atoms with Crippen LogP contribution in [0.3, 0.4) is 0 Å². The molecule has 92 valence electrons. The minimum absolute atomic E-state index is 0.158. The van der Waals surface area contributed by atoms with E-state index in [1.807, 2.05) is 4.90 Å². The van der Waals surface area contributed by atoms with Crippen molar-refractivity contribution in [3.8, 4) is 0 Å². The van der Waals surface area contributed by atoms with Crippen molar-refractivity contribution >= 4 is 11.6 Å². The molecule has 0 unspecified atom stereocenters. The topological polar surface area (TPSA) is 52.6 Å². The molecule has 1 amide bonds. The average Bonchev–Trinajstić information content (AvgIpc) is 2.26. The van der Waals surface area contributed by atoms with Crippen molar-refractivity contribution in [2.75, 3.05) is 31.6 Å². The third kappa shape index (κ3) is 3.01. The van der Waals surface area contributed by atoms with E-state index in [0.717, 1.165) is 13.1 Å². The van der Waals surface area contributed by atoms with Gasteiger partial charge in [-0.1, -0.05) is 12.1 Å². The summed E-state index contributed by atoms with van der Waals surface area (Å²) in [5.74, 6) is -0.388. The Balaban J connectivity index is 1.80. The first-order chi connectivity index (χ1) is 8.19. The van der Waals surface area contributed by atoms with E-state index in [1.165, 1.54) is 12.1 Å². The molecule has 1 saturated heterocycles. The Morgan fingerprint density at radius 3 is 2.82 bits per heavy atom. The molecule has 1 aliphatic heterocycles. The number of amides is 1. The summed E-state index contributed by atoms with van der Waals surface area (Å²) in [5, 5.41) is 11.4. The zero-order valence-corrected chi connectivity index (χ0v) is 9.40. The SMILES string of the molecule is O=C(CN1CC(CO)C1)Nc1ccccc1F. The first kappa shape index (κ1) is 12.0. The molecule has 4 nitrogen and oxygen atoms in total. The Morgan fingerprint density at radius 2 is 2.18 bits per heavy atom. The molecule has 0 spiro atoms. The van der Waals surface area contributed by atoms with Gasteiger partial charge in [0.1, 0.15) is 5.82 Å². The first-order valence-electron chi connectivity index (χ1n) is 5.56. The molecule has 2 N–H and O–H groups in total. The highest BCUT2D eigenvalue weighted by atomic mass is 19.1. The van der Waals surface area contributed by atoms with Gasteiger partial charge in [0, 0.05) is 25.6 Å². The monoisotopic (exact) mass is 238 g/mol. The van der Waals surface area contributed by atoms with Crippen molar-refractivity contribution in [1.82, 2.24) is 4.90 Å². The molecular formula is C12H15FN2O2. The lowest BCUT2D eigenvalue weighted by molar-refractivity contribution is -0.119. The van der Waals surface area contributed by atoms with Crippen molar-refractivity contribution in [2.24, 2.45) is 5.92 Å². The van der Waals surface area contributed by atoms with Gasteiger partial charge in [-0.05, 0) is 12.1 Å². The number of halogens is 1. The van der Waals surface area contributed by atoms with E-state index >= 15 is 0 Å². The Hall–Kier alpha value is -1.46. The van der Waals surface area contributed by atoms with Crippen LogP contribution in [0, 0.1) is 11.7 Å². The number of aliphatic hydroxyl groups is 1. The van der Waals surface area contributed by atoms with Crippen LogP contribution in [-0.4, -0.2) is 42.2 Å². The fourth-order valence-corrected chi connectivity index (χ4v) is 1.88. The Bertz CT molecular complexity index is 405. The second kappa shape index (κ2) is 5.25. The summed E-state index contributed by atoms with van der Waals surface area (Å²) >= 11 is 0. The van der Waals surface area contributed by atoms with Crippen LogP contribution in [0.25, 0.3) is 0 Å². The molecule has 1 fully saturated rings. The number of carbonyl (C=O) groups excluding carboxylic acids is 1. The van der Waals surface area contributed by atoms with Gasteiger partial charge in [-0.25, -0.2) is 4.39 Å². The van der Waals surface area contributed by atoms with Crippen LogP contribution < -0.4 is 5.32 Å². The van der Waals surface area contributed by atoms with Gasteiger partial charge in [0.05, 0.1) is 12.2 Å². The highest BCUT2D eigenvalue weighted by molar-refractivity contribution is 5.92. The summed E-state index contributed by atoms with van der Waals surface area (Å²) < 4.78 is 13.2. The lowest BCUT2D eigenvalue weighted by Crippen LogP contribution is -2.51. The Kier molecular flexibility index (Phi) is 3.71. The summed E-state index contributed by atoms with van der Waals surface area (Å²) in [6.45, 7) is 1.85. The minimum atomic E-state index is -0.433. The number of nitrogens with one attached hydrogen (secondary N) is 1. The largest absolute Gasteiger partial charge is 0.396 e. The van der Waals surface area contributed by atoms with Crippen LogP contribution in [0.2, 0.25) is 0 Å².